The number of hydrogen-bond acceptors (Lipinski definition) is 3. The largest absolute Gasteiger partial charge is 0.326 e. The van der Waals surface area contributed by atoms with Crippen LogP contribution < -0.4 is 5.73 Å². The summed E-state index contributed by atoms with van der Waals surface area (Å²) in [5, 5.41) is 0.709. The first-order valence-corrected chi connectivity index (χ1v) is 5.79. The molecule has 0 unspecified atom stereocenters. The molecule has 0 bridgehead atoms. The molecule has 2 rings (SSSR count). The third kappa shape index (κ3) is 2.99. The van der Waals surface area contributed by atoms with Crippen LogP contribution in [0, 0.1) is 13.8 Å². The second-order valence-electron chi connectivity index (χ2n) is 3.91. The van der Waals surface area contributed by atoms with Crippen molar-refractivity contribution in [3.63, 3.8) is 0 Å². The number of hydrogen-bond donors (Lipinski definition) is 1. The molecule has 0 aliphatic heterocycles. The molecule has 1 aromatic heterocycles. The summed E-state index contributed by atoms with van der Waals surface area (Å²) in [7, 11) is 0. The minimum absolute atomic E-state index is 0. The molecule has 3 nitrogen and oxygen atoms in total. The van der Waals surface area contributed by atoms with Gasteiger partial charge in [0.25, 0.3) is 0 Å². The molecule has 1 aromatic carbocycles. The van der Waals surface area contributed by atoms with Gasteiger partial charge in [-0.2, -0.15) is 0 Å². The summed E-state index contributed by atoms with van der Waals surface area (Å²) in [6.07, 6.45) is 0. The van der Waals surface area contributed by atoms with Crippen LogP contribution in [0.5, 0.6) is 0 Å². The maximum absolute atomic E-state index is 5.85. The summed E-state index contributed by atoms with van der Waals surface area (Å²) in [5.41, 5.74) is 9.51. The Labute approximate surface area is 118 Å². The zero-order valence-corrected chi connectivity index (χ0v) is 11.8. The fraction of sp³-hybridized carbons (Fsp3) is 0.231. The van der Waals surface area contributed by atoms with Gasteiger partial charge in [0.15, 0.2) is 5.82 Å². The van der Waals surface area contributed by atoms with Gasteiger partial charge in [0.05, 0.1) is 0 Å². The summed E-state index contributed by atoms with van der Waals surface area (Å²) < 4.78 is 0. The second-order valence-corrected chi connectivity index (χ2v) is 4.34. The molecular weight excluding hydrogens is 269 g/mol. The summed E-state index contributed by atoms with van der Waals surface area (Å²) in [5.74, 6) is 0.717. The SMILES string of the molecule is Cc1nc(-c2ccc(Cl)cc2)nc(C)c1CN.Cl. The Balaban J connectivity index is 0.00000162. The van der Waals surface area contributed by atoms with E-state index in [0.717, 1.165) is 22.5 Å². The number of rotatable bonds is 2. The Morgan fingerprint density at radius 2 is 1.56 bits per heavy atom. The first-order valence-electron chi connectivity index (χ1n) is 5.42. The van der Waals surface area contributed by atoms with E-state index in [-0.39, 0.29) is 12.4 Å². The average Bonchev–Trinajstić information content (AvgIpc) is 2.29. The standard InChI is InChI=1S/C13H14ClN3.ClH/c1-8-12(7-15)9(2)17-13(16-8)10-3-5-11(14)6-4-10;/h3-6H,7,15H2,1-2H3;1H. The van der Waals surface area contributed by atoms with Crippen molar-refractivity contribution in [2.24, 2.45) is 5.73 Å². The van der Waals surface area contributed by atoms with E-state index >= 15 is 0 Å². The molecule has 2 aromatic rings. The molecule has 0 fully saturated rings. The van der Waals surface area contributed by atoms with E-state index in [9.17, 15) is 0 Å². The lowest BCUT2D eigenvalue weighted by Crippen LogP contribution is -2.07. The molecule has 0 amide bonds. The van der Waals surface area contributed by atoms with Crippen LogP contribution in [0.4, 0.5) is 0 Å². The normalized spacial score (nSPS) is 10.0. The minimum Gasteiger partial charge on any atom is -0.326 e. The van der Waals surface area contributed by atoms with Gasteiger partial charge >= 0.3 is 0 Å². The van der Waals surface area contributed by atoms with Gasteiger partial charge in [-0.05, 0) is 38.1 Å². The van der Waals surface area contributed by atoms with E-state index < -0.39 is 0 Å². The highest BCUT2D eigenvalue weighted by Crippen LogP contribution is 2.20. The molecule has 0 aliphatic carbocycles. The van der Waals surface area contributed by atoms with Crippen molar-refractivity contribution in [1.82, 2.24) is 9.97 Å². The van der Waals surface area contributed by atoms with Gasteiger partial charge in [-0.15, -0.1) is 12.4 Å². The van der Waals surface area contributed by atoms with Gasteiger partial charge in [0.2, 0.25) is 0 Å². The number of nitrogens with zero attached hydrogens (tertiary/aromatic N) is 2. The smallest absolute Gasteiger partial charge is 0.159 e. The molecule has 5 heteroatoms. The predicted molar refractivity (Wildman–Crippen MR) is 77.1 cm³/mol. The number of aromatic nitrogens is 2. The van der Waals surface area contributed by atoms with Crippen molar-refractivity contribution >= 4 is 24.0 Å². The molecule has 0 aliphatic rings. The van der Waals surface area contributed by atoms with Gasteiger partial charge in [-0.25, -0.2) is 9.97 Å². The molecule has 18 heavy (non-hydrogen) atoms. The van der Waals surface area contributed by atoms with Crippen molar-refractivity contribution in [2.75, 3.05) is 0 Å². The highest BCUT2D eigenvalue weighted by Gasteiger charge is 2.08. The fourth-order valence-electron chi connectivity index (χ4n) is 1.76. The number of benzene rings is 1. The van der Waals surface area contributed by atoms with Gasteiger partial charge in [-0.3, -0.25) is 0 Å². The van der Waals surface area contributed by atoms with Crippen molar-refractivity contribution in [3.05, 3.63) is 46.2 Å². The van der Waals surface area contributed by atoms with Crippen molar-refractivity contribution < 1.29 is 0 Å². The Morgan fingerprint density at radius 1 is 1.06 bits per heavy atom. The van der Waals surface area contributed by atoms with Crippen LogP contribution in [0.15, 0.2) is 24.3 Å². The van der Waals surface area contributed by atoms with Gasteiger partial charge in [-0.1, -0.05) is 11.6 Å². The number of aryl methyl sites for hydroxylation is 2. The molecule has 0 spiro atoms. The van der Waals surface area contributed by atoms with Gasteiger partial charge < -0.3 is 5.73 Å². The minimum atomic E-state index is 0. The first-order chi connectivity index (χ1) is 8.11. The van der Waals surface area contributed by atoms with E-state index in [2.05, 4.69) is 9.97 Å². The van der Waals surface area contributed by atoms with Crippen LogP contribution in [-0.4, -0.2) is 9.97 Å². The second kappa shape index (κ2) is 6.14. The maximum Gasteiger partial charge on any atom is 0.159 e. The summed E-state index contributed by atoms with van der Waals surface area (Å²) in [4.78, 5) is 8.94. The predicted octanol–water partition coefficient (Wildman–Crippen LogP) is 3.29. The molecular formula is C13H15Cl2N3. The van der Waals surface area contributed by atoms with Crippen LogP contribution in [0.2, 0.25) is 5.02 Å². The van der Waals surface area contributed by atoms with Crippen molar-refractivity contribution in [2.45, 2.75) is 20.4 Å². The van der Waals surface area contributed by atoms with E-state index in [4.69, 9.17) is 17.3 Å². The summed E-state index contributed by atoms with van der Waals surface area (Å²) in [6.45, 7) is 4.38. The molecule has 1 heterocycles. The number of halogens is 2. The van der Waals surface area contributed by atoms with Crippen molar-refractivity contribution in [1.29, 1.82) is 0 Å². The van der Waals surface area contributed by atoms with E-state index in [1.54, 1.807) is 0 Å². The Morgan fingerprint density at radius 3 is 2.00 bits per heavy atom. The van der Waals surface area contributed by atoms with Gasteiger partial charge in [0.1, 0.15) is 0 Å². The Bertz CT molecular complexity index is 515. The quantitative estimate of drug-likeness (QED) is 0.920. The molecule has 96 valence electrons. The molecule has 0 radical (unpaired) electrons. The third-order valence-corrected chi connectivity index (χ3v) is 2.98. The van der Waals surface area contributed by atoms with Crippen LogP contribution in [0.25, 0.3) is 11.4 Å². The van der Waals surface area contributed by atoms with Crippen LogP contribution in [-0.2, 0) is 6.54 Å². The first kappa shape index (κ1) is 14.9. The monoisotopic (exact) mass is 283 g/mol. The van der Waals surface area contributed by atoms with Crippen LogP contribution in [0.1, 0.15) is 17.0 Å². The van der Waals surface area contributed by atoms with E-state index in [0.29, 0.717) is 17.4 Å². The van der Waals surface area contributed by atoms with Gasteiger partial charge in [0, 0.05) is 34.1 Å². The Hall–Kier alpha value is -1.16. The lowest BCUT2D eigenvalue weighted by Gasteiger charge is -2.09. The van der Waals surface area contributed by atoms with E-state index in [1.807, 2.05) is 38.1 Å². The molecule has 0 atom stereocenters. The lowest BCUT2D eigenvalue weighted by atomic mass is 10.1. The lowest BCUT2D eigenvalue weighted by molar-refractivity contribution is 0.939. The highest BCUT2D eigenvalue weighted by molar-refractivity contribution is 6.30. The maximum atomic E-state index is 5.85. The number of nitrogens with two attached hydrogens (primary N) is 1. The van der Waals surface area contributed by atoms with E-state index in [1.165, 1.54) is 0 Å². The fourth-order valence-corrected chi connectivity index (χ4v) is 1.89. The summed E-state index contributed by atoms with van der Waals surface area (Å²) in [6, 6.07) is 7.50. The zero-order valence-electron chi connectivity index (χ0n) is 10.3. The zero-order chi connectivity index (χ0) is 12.4. The molecule has 2 N–H and O–H groups in total. The van der Waals surface area contributed by atoms with Crippen LogP contribution in [0.3, 0.4) is 0 Å². The average molecular weight is 284 g/mol. The highest BCUT2D eigenvalue weighted by atomic mass is 35.5. The topological polar surface area (TPSA) is 51.8 Å². The summed E-state index contributed by atoms with van der Waals surface area (Å²) >= 11 is 5.85. The molecule has 0 saturated heterocycles. The third-order valence-electron chi connectivity index (χ3n) is 2.73. The molecule has 0 saturated carbocycles. The van der Waals surface area contributed by atoms with Crippen LogP contribution >= 0.6 is 24.0 Å². The van der Waals surface area contributed by atoms with Crippen molar-refractivity contribution in [3.8, 4) is 11.4 Å². The Kier molecular flexibility index (Phi) is 5.08.